The summed E-state index contributed by atoms with van der Waals surface area (Å²) in [6.07, 6.45) is 0.882. The lowest BCUT2D eigenvalue weighted by Gasteiger charge is -2.20. The number of hydrogen-bond donors (Lipinski definition) is 0. The van der Waals surface area contributed by atoms with Gasteiger partial charge in [-0.1, -0.05) is 0 Å². The predicted molar refractivity (Wildman–Crippen MR) is 74.7 cm³/mol. The Bertz CT molecular complexity index is 513. The summed E-state index contributed by atoms with van der Waals surface area (Å²) in [6.45, 7) is 1.15. The second-order valence-electron chi connectivity index (χ2n) is 4.61. The quantitative estimate of drug-likeness (QED) is 0.797. The molecule has 1 aliphatic rings. The van der Waals surface area contributed by atoms with Crippen LogP contribution in [0.4, 0.5) is 0 Å². The molecular formula is C11H17ClN2O2S2. The zero-order chi connectivity index (χ0) is 13.3. The Balaban J connectivity index is 2.23. The first-order valence-corrected chi connectivity index (χ1v) is 8.61. The second-order valence-corrected chi connectivity index (χ2v) is 7.79. The molecule has 102 valence electrons. The highest BCUT2D eigenvalue weighted by molar-refractivity contribution is 7.89. The van der Waals surface area contributed by atoms with Crippen molar-refractivity contribution >= 4 is 33.0 Å². The van der Waals surface area contributed by atoms with E-state index in [-0.39, 0.29) is 5.88 Å². The normalized spacial score (nSPS) is 21.9. The van der Waals surface area contributed by atoms with Crippen LogP contribution in [-0.2, 0) is 15.9 Å². The molecule has 0 saturated carbocycles. The van der Waals surface area contributed by atoms with Gasteiger partial charge in [-0.15, -0.1) is 22.9 Å². The lowest BCUT2D eigenvalue weighted by atomic mass is 10.2. The number of alkyl halides is 1. The lowest BCUT2D eigenvalue weighted by Crippen LogP contribution is -2.34. The fraction of sp³-hybridized carbons (Fsp3) is 0.636. The third-order valence-electron chi connectivity index (χ3n) is 3.30. The van der Waals surface area contributed by atoms with Gasteiger partial charge in [0.2, 0.25) is 10.0 Å². The summed E-state index contributed by atoms with van der Waals surface area (Å²) < 4.78 is 26.6. The predicted octanol–water partition coefficient (Wildman–Crippen LogP) is 1.81. The summed E-state index contributed by atoms with van der Waals surface area (Å²) in [5.41, 5.74) is 0. The van der Waals surface area contributed by atoms with Gasteiger partial charge in [-0.2, -0.15) is 4.31 Å². The van der Waals surface area contributed by atoms with Gasteiger partial charge in [-0.05, 0) is 32.0 Å². The highest BCUT2D eigenvalue weighted by Gasteiger charge is 2.34. The summed E-state index contributed by atoms with van der Waals surface area (Å²) in [7, 11) is 0.592. The Kier molecular flexibility index (Phi) is 4.33. The van der Waals surface area contributed by atoms with Gasteiger partial charge in [0, 0.05) is 24.0 Å². The summed E-state index contributed by atoms with van der Waals surface area (Å²) in [6, 6.07) is 1.96. The maximum Gasteiger partial charge on any atom is 0.244 e. The number of rotatable bonds is 4. The van der Waals surface area contributed by atoms with Crippen molar-refractivity contribution in [2.45, 2.75) is 23.2 Å². The third kappa shape index (κ3) is 2.58. The third-order valence-corrected chi connectivity index (χ3v) is 6.73. The first kappa shape index (κ1) is 14.3. The molecule has 2 heterocycles. The molecule has 2 rings (SSSR count). The smallest absolute Gasteiger partial charge is 0.244 e. The van der Waals surface area contributed by atoms with Crippen LogP contribution in [0.1, 0.15) is 11.3 Å². The first-order valence-electron chi connectivity index (χ1n) is 5.75. The van der Waals surface area contributed by atoms with E-state index in [1.54, 1.807) is 15.8 Å². The highest BCUT2D eigenvalue weighted by atomic mass is 35.5. The Hall–Kier alpha value is -0.140. The average Bonchev–Trinajstić information content (AvgIpc) is 2.98. The molecule has 1 atom stereocenters. The zero-order valence-corrected chi connectivity index (χ0v) is 12.9. The van der Waals surface area contributed by atoms with Crippen LogP contribution in [0.15, 0.2) is 16.3 Å². The first-order chi connectivity index (χ1) is 8.46. The van der Waals surface area contributed by atoms with E-state index in [0.29, 0.717) is 24.0 Å². The molecule has 0 N–H and O–H groups in total. The SMILES string of the molecule is CN(C)C1CCN(S(=O)(=O)c2ccsc2CCl)C1. The molecule has 7 heteroatoms. The van der Waals surface area contributed by atoms with Crippen LogP contribution in [0.5, 0.6) is 0 Å². The number of sulfonamides is 1. The van der Waals surface area contributed by atoms with Crippen molar-refractivity contribution in [3.05, 3.63) is 16.3 Å². The maximum absolute atomic E-state index is 12.5. The Morgan fingerprint density at radius 1 is 1.56 bits per heavy atom. The number of likely N-dealkylation sites (N-methyl/N-ethyl adjacent to an activating group) is 1. The van der Waals surface area contributed by atoms with Gasteiger partial charge in [0.25, 0.3) is 0 Å². The fourth-order valence-electron chi connectivity index (χ4n) is 2.15. The molecule has 1 aliphatic heterocycles. The van der Waals surface area contributed by atoms with E-state index in [0.717, 1.165) is 11.3 Å². The van der Waals surface area contributed by atoms with Gasteiger partial charge >= 0.3 is 0 Å². The fourth-order valence-corrected chi connectivity index (χ4v) is 5.31. The topological polar surface area (TPSA) is 40.6 Å². The van der Waals surface area contributed by atoms with Crippen molar-refractivity contribution in [1.82, 2.24) is 9.21 Å². The largest absolute Gasteiger partial charge is 0.305 e. The highest BCUT2D eigenvalue weighted by Crippen LogP contribution is 2.29. The van der Waals surface area contributed by atoms with E-state index in [2.05, 4.69) is 4.90 Å². The van der Waals surface area contributed by atoms with E-state index >= 15 is 0 Å². The van der Waals surface area contributed by atoms with Crippen LogP contribution in [0.3, 0.4) is 0 Å². The molecule has 1 fully saturated rings. The number of nitrogens with zero attached hydrogens (tertiary/aromatic N) is 2. The zero-order valence-electron chi connectivity index (χ0n) is 10.5. The van der Waals surface area contributed by atoms with Crippen molar-refractivity contribution in [1.29, 1.82) is 0 Å². The molecule has 1 unspecified atom stereocenters. The molecule has 4 nitrogen and oxygen atoms in total. The number of halogens is 1. The van der Waals surface area contributed by atoms with Gasteiger partial charge in [0.15, 0.2) is 0 Å². The van der Waals surface area contributed by atoms with Crippen LogP contribution in [0, 0.1) is 0 Å². The van der Waals surface area contributed by atoms with Crippen molar-refractivity contribution in [2.24, 2.45) is 0 Å². The minimum absolute atomic E-state index is 0.247. The molecule has 0 aliphatic carbocycles. The van der Waals surface area contributed by atoms with Crippen molar-refractivity contribution in [2.75, 3.05) is 27.2 Å². The van der Waals surface area contributed by atoms with Crippen LogP contribution in [0.2, 0.25) is 0 Å². The molecule has 0 aromatic carbocycles. The summed E-state index contributed by atoms with van der Waals surface area (Å²) in [4.78, 5) is 3.18. The van der Waals surface area contributed by atoms with E-state index in [4.69, 9.17) is 11.6 Å². The van der Waals surface area contributed by atoms with Gasteiger partial charge in [0.05, 0.1) is 10.8 Å². The molecule has 0 amide bonds. The molecule has 0 bridgehead atoms. The van der Waals surface area contributed by atoms with Gasteiger partial charge in [0.1, 0.15) is 0 Å². The van der Waals surface area contributed by atoms with E-state index in [1.807, 2.05) is 14.1 Å². The van der Waals surface area contributed by atoms with E-state index in [1.165, 1.54) is 11.3 Å². The van der Waals surface area contributed by atoms with Gasteiger partial charge < -0.3 is 4.90 Å². The standard InChI is InChI=1S/C11H17ClN2O2S2/c1-13(2)9-3-5-14(8-9)18(15,16)11-4-6-17-10(11)7-12/h4,6,9H,3,5,7-8H2,1-2H3. The minimum atomic E-state index is -3.37. The second kappa shape index (κ2) is 5.46. The molecule has 1 aromatic rings. The Labute approximate surface area is 117 Å². The molecule has 0 radical (unpaired) electrons. The molecule has 18 heavy (non-hydrogen) atoms. The Morgan fingerprint density at radius 2 is 2.28 bits per heavy atom. The lowest BCUT2D eigenvalue weighted by molar-refractivity contribution is 0.302. The number of thiophene rings is 1. The van der Waals surface area contributed by atoms with Crippen LogP contribution < -0.4 is 0 Å². The molecule has 1 saturated heterocycles. The Morgan fingerprint density at radius 3 is 2.83 bits per heavy atom. The maximum atomic E-state index is 12.5. The van der Waals surface area contributed by atoms with Crippen LogP contribution in [0.25, 0.3) is 0 Å². The minimum Gasteiger partial charge on any atom is -0.305 e. The van der Waals surface area contributed by atoms with Crippen LogP contribution >= 0.6 is 22.9 Å². The van der Waals surface area contributed by atoms with Crippen molar-refractivity contribution in [3.8, 4) is 0 Å². The molecule has 1 aromatic heterocycles. The monoisotopic (exact) mass is 308 g/mol. The number of hydrogen-bond acceptors (Lipinski definition) is 4. The van der Waals surface area contributed by atoms with Gasteiger partial charge in [-0.25, -0.2) is 8.42 Å². The van der Waals surface area contributed by atoms with Crippen molar-refractivity contribution in [3.63, 3.8) is 0 Å². The summed E-state index contributed by atoms with van der Waals surface area (Å²) in [5, 5.41) is 1.78. The van der Waals surface area contributed by atoms with E-state index < -0.39 is 10.0 Å². The van der Waals surface area contributed by atoms with Gasteiger partial charge in [-0.3, -0.25) is 0 Å². The van der Waals surface area contributed by atoms with E-state index in [9.17, 15) is 8.42 Å². The molecular weight excluding hydrogens is 292 g/mol. The van der Waals surface area contributed by atoms with Crippen LogP contribution in [-0.4, -0.2) is 50.8 Å². The summed E-state index contributed by atoms with van der Waals surface area (Å²) in [5.74, 6) is 0.247. The average molecular weight is 309 g/mol. The summed E-state index contributed by atoms with van der Waals surface area (Å²) >= 11 is 7.18. The van der Waals surface area contributed by atoms with Crippen molar-refractivity contribution < 1.29 is 8.42 Å². The molecule has 0 spiro atoms.